The zero-order valence-corrected chi connectivity index (χ0v) is 13.4. The highest BCUT2D eigenvalue weighted by atomic mass is 79.9. The fourth-order valence-electron chi connectivity index (χ4n) is 2.51. The first-order valence-corrected chi connectivity index (χ1v) is 8.45. The molecule has 1 aliphatic heterocycles. The number of hydrogen-bond acceptors (Lipinski definition) is 5. The lowest BCUT2D eigenvalue weighted by Gasteiger charge is -2.09. The monoisotopic (exact) mass is 358 g/mol. The number of benzene rings is 1. The van der Waals surface area contributed by atoms with E-state index in [0.29, 0.717) is 11.6 Å². The smallest absolute Gasteiger partial charge is 0.164 e. The summed E-state index contributed by atoms with van der Waals surface area (Å²) in [5, 5.41) is 1.05. The van der Waals surface area contributed by atoms with Crippen molar-refractivity contribution in [2.45, 2.75) is 11.5 Å². The molecular formula is C15H11BrN4S. The number of fused-ring (bicyclic) bond motifs is 2. The van der Waals surface area contributed by atoms with Gasteiger partial charge in [-0.1, -0.05) is 22.0 Å². The van der Waals surface area contributed by atoms with Gasteiger partial charge >= 0.3 is 0 Å². The molecule has 0 spiro atoms. The summed E-state index contributed by atoms with van der Waals surface area (Å²) in [5.41, 5.74) is 10.0. The molecule has 2 aromatic heterocycles. The third-order valence-electron chi connectivity index (χ3n) is 3.57. The third kappa shape index (κ3) is 2.10. The van der Waals surface area contributed by atoms with E-state index in [0.717, 1.165) is 43.7 Å². The number of pyridine rings is 1. The summed E-state index contributed by atoms with van der Waals surface area (Å²) in [6.07, 6.45) is 1.78. The zero-order chi connectivity index (χ0) is 14.4. The van der Waals surface area contributed by atoms with Crippen LogP contribution in [0.15, 0.2) is 34.9 Å². The minimum atomic E-state index is 0.590. The van der Waals surface area contributed by atoms with E-state index in [2.05, 4.69) is 25.9 Å². The summed E-state index contributed by atoms with van der Waals surface area (Å²) in [4.78, 5) is 13.7. The van der Waals surface area contributed by atoms with Crippen LogP contribution in [0.4, 0.5) is 5.82 Å². The van der Waals surface area contributed by atoms with Gasteiger partial charge in [-0.05, 0) is 18.2 Å². The lowest BCUT2D eigenvalue weighted by molar-refractivity contribution is 1.08. The second kappa shape index (κ2) is 4.96. The molecule has 0 saturated carbocycles. The number of nitrogens with two attached hydrogens (primary N) is 1. The normalized spacial score (nSPS) is 13.6. The van der Waals surface area contributed by atoms with Gasteiger partial charge in [0.05, 0.1) is 11.2 Å². The standard InChI is InChI=1S/C15H11BrN4S/c16-11-4-3-9(13-8(11)2-1-5-18-13)15-19-12-7-21-6-10(12)14(17)20-15/h1-5H,6-7H2,(H2,17,19,20). The van der Waals surface area contributed by atoms with Crippen molar-refractivity contribution in [2.24, 2.45) is 0 Å². The Morgan fingerprint density at radius 3 is 2.95 bits per heavy atom. The Bertz CT molecular complexity index is 866. The maximum Gasteiger partial charge on any atom is 0.164 e. The molecule has 0 fully saturated rings. The minimum absolute atomic E-state index is 0.590. The number of aromatic nitrogens is 3. The molecule has 1 aromatic carbocycles. The SMILES string of the molecule is Nc1nc(-c2ccc(Br)c3cccnc23)nc2c1CSC2. The summed E-state index contributed by atoms with van der Waals surface area (Å²) in [5.74, 6) is 3.05. The van der Waals surface area contributed by atoms with Gasteiger partial charge in [0, 0.05) is 38.7 Å². The molecule has 1 aliphatic rings. The summed E-state index contributed by atoms with van der Waals surface area (Å²) in [6.45, 7) is 0. The first-order valence-electron chi connectivity index (χ1n) is 6.50. The number of thioether (sulfide) groups is 1. The van der Waals surface area contributed by atoms with E-state index >= 15 is 0 Å². The highest BCUT2D eigenvalue weighted by Gasteiger charge is 2.20. The number of hydrogen-bond donors (Lipinski definition) is 1. The Kier molecular flexibility index (Phi) is 3.08. The molecule has 3 aromatic rings. The lowest BCUT2D eigenvalue weighted by atomic mass is 10.1. The van der Waals surface area contributed by atoms with Crippen molar-refractivity contribution in [3.8, 4) is 11.4 Å². The lowest BCUT2D eigenvalue weighted by Crippen LogP contribution is -2.03. The fraction of sp³-hybridized carbons (Fsp3) is 0.133. The largest absolute Gasteiger partial charge is 0.383 e. The van der Waals surface area contributed by atoms with Crippen molar-refractivity contribution >= 4 is 44.4 Å². The van der Waals surface area contributed by atoms with Crippen molar-refractivity contribution in [3.05, 3.63) is 46.2 Å². The topological polar surface area (TPSA) is 64.7 Å². The average molecular weight is 359 g/mol. The van der Waals surface area contributed by atoms with Crippen LogP contribution in [0.3, 0.4) is 0 Å². The predicted octanol–water partition coefficient (Wildman–Crippen LogP) is 3.78. The van der Waals surface area contributed by atoms with Crippen LogP contribution in [0, 0.1) is 0 Å². The molecule has 0 aliphatic carbocycles. The zero-order valence-electron chi connectivity index (χ0n) is 11.0. The Hall–Kier alpha value is -1.66. The highest BCUT2D eigenvalue weighted by Crippen LogP contribution is 2.35. The van der Waals surface area contributed by atoms with E-state index in [-0.39, 0.29) is 0 Å². The molecule has 21 heavy (non-hydrogen) atoms. The van der Waals surface area contributed by atoms with Crippen molar-refractivity contribution in [1.29, 1.82) is 0 Å². The van der Waals surface area contributed by atoms with Gasteiger partial charge in [-0.25, -0.2) is 9.97 Å². The number of nitrogens with zero attached hydrogens (tertiary/aromatic N) is 3. The summed E-state index contributed by atoms with van der Waals surface area (Å²) < 4.78 is 1.01. The van der Waals surface area contributed by atoms with Crippen molar-refractivity contribution in [3.63, 3.8) is 0 Å². The number of halogens is 1. The highest BCUT2D eigenvalue weighted by molar-refractivity contribution is 9.10. The van der Waals surface area contributed by atoms with Crippen LogP contribution in [0.25, 0.3) is 22.3 Å². The van der Waals surface area contributed by atoms with E-state index in [1.807, 2.05) is 36.0 Å². The molecule has 0 unspecified atom stereocenters. The average Bonchev–Trinajstić information content (AvgIpc) is 2.97. The number of nitrogen functional groups attached to an aromatic ring is 1. The van der Waals surface area contributed by atoms with Crippen LogP contribution >= 0.6 is 27.7 Å². The maximum atomic E-state index is 6.09. The molecular weight excluding hydrogens is 348 g/mol. The second-order valence-corrected chi connectivity index (χ2v) is 6.68. The Labute approximate surface area is 134 Å². The van der Waals surface area contributed by atoms with Crippen LogP contribution in [0.5, 0.6) is 0 Å². The molecule has 104 valence electrons. The number of anilines is 1. The Morgan fingerprint density at radius 2 is 2.05 bits per heavy atom. The summed E-state index contributed by atoms with van der Waals surface area (Å²) in [7, 11) is 0. The quantitative estimate of drug-likeness (QED) is 0.716. The molecule has 4 rings (SSSR count). The van der Waals surface area contributed by atoms with Crippen molar-refractivity contribution in [1.82, 2.24) is 15.0 Å². The van der Waals surface area contributed by atoms with Crippen LogP contribution in [0.2, 0.25) is 0 Å². The van der Waals surface area contributed by atoms with Gasteiger partial charge in [-0.15, -0.1) is 0 Å². The van der Waals surface area contributed by atoms with Gasteiger partial charge in [-0.2, -0.15) is 11.8 Å². The van der Waals surface area contributed by atoms with Gasteiger partial charge in [0.2, 0.25) is 0 Å². The molecule has 2 N–H and O–H groups in total. The van der Waals surface area contributed by atoms with E-state index in [1.165, 1.54) is 0 Å². The van der Waals surface area contributed by atoms with Crippen LogP contribution in [-0.4, -0.2) is 15.0 Å². The van der Waals surface area contributed by atoms with Gasteiger partial charge in [0.1, 0.15) is 5.82 Å². The molecule has 0 amide bonds. The molecule has 3 heterocycles. The fourth-order valence-corrected chi connectivity index (χ4v) is 4.02. The van der Waals surface area contributed by atoms with E-state index in [4.69, 9.17) is 10.7 Å². The summed E-state index contributed by atoms with van der Waals surface area (Å²) in [6, 6.07) is 7.94. The Morgan fingerprint density at radius 1 is 1.14 bits per heavy atom. The van der Waals surface area contributed by atoms with E-state index < -0.39 is 0 Å². The molecule has 6 heteroatoms. The molecule has 0 radical (unpaired) electrons. The molecule has 4 nitrogen and oxygen atoms in total. The molecule has 0 saturated heterocycles. The van der Waals surface area contributed by atoms with Crippen molar-refractivity contribution < 1.29 is 0 Å². The number of rotatable bonds is 1. The Balaban J connectivity index is 1.99. The van der Waals surface area contributed by atoms with Gasteiger partial charge in [0.15, 0.2) is 5.82 Å². The third-order valence-corrected chi connectivity index (χ3v) is 5.23. The predicted molar refractivity (Wildman–Crippen MR) is 89.9 cm³/mol. The second-order valence-electron chi connectivity index (χ2n) is 4.85. The van der Waals surface area contributed by atoms with Gasteiger partial charge in [0.25, 0.3) is 0 Å². The van der Waals surface area contributed by atoms with Gasteiger partial charge in [-0.3, -0.25) is 4.98 Å². The van der Waals surface area contributed by atoms with Crippen LogP contribution < -0.4 is 5.73 Å². The van der Waals surface area contributed by atoms with Crippen LogP contribution in [0.1, 0.15) is 11.3 Å². The summed E-state index contributed by atoms with van der Waals surface area (Å²) >= 11 is 5.38. The van der Waals surface area contributed by atoms with E-state index in [1.54, 1.807) is 6.20 Å². The van der Waals surface area contributed by atoms with Crippen LogP contribution in [-0.2, 0) is 11.5 Å². The first kappa shape index (κ1) is 13.0. The van der Waals surface area contributed by atoms with Gasteiger partial charge < -0.3 is 5.73 Å². The first-order chi connectivity index (χ1) is 10.2. The molecule has 0 bridgehead atoms. The minimum Gasteiger partial charge on any atom is -0.383 e. The maximum absolute atomic E-state index is 6.09. The van der Waals surface area contributed by atoms with Crippen molar-refractivity contribution in [2.75, 3.05) is 5.73 Å². The molecule has 0 atom stereocenters. The van der Waals surface area contributed by atoms with E-state index in [9.17, 15) is 0 Å².